The number of halogens is 1. The molecule has 0 spiro atoms. The number of imidazole rings is 1. The highest BCUT2D eigenvalue weighted by molar-refractivity contribution is 5.57. The van der Waals surface area contributed by atoms with Crippen LogP contribution in [0.4, 0.5) is 21.7 Å². The minimum atomic E-state index is -0.595. The minimum absolute atomic E-state index is 0.177. The molecule has 0 amide bonds. The van der Waals surface area contributed by atoms with Crippen LogP contribution in [0.25, 0.3) is 5.69 Å². The van der Waals surface area contributed by atoms with E-state index in [1.165, 1.54) is 18.2 Å². The van der Waals surface area contributed by atoms with Gasteiger partial charge in [0.05, 0.1) is 16.7 Å². The number of benzene rings is 1. The number of pyridine rings is 1. The fourth-order valence-corrected chi connectivity index (χ4v) is 2.63. The standard InChI is InChI=1S/C17H17FN6O2/c1-10(21-16-6-5-15(24(25)26)17(19)22-16)12-3-4-14(13(18)9-12)23-8-7-20-11(23)2/h3-10H,1-2H3,(H3,19,21,22). The second-order valence-electron chi connectivity index (χ2n) is 5.78. The van der Waals surface area contributed by atoms with Gasteiger partial charge in [0.2, 0.25) is 5.82 Å². The van der Waals surface area contributed by atoms with Gasteiger partial charge in [-0.2, -0.15) is 0 Å². The first-order chi connectivity index (χ1) is 12.4. The Morgan fingerprint density at radius 3 is 2.69 bits per heavy atom. The molecule has 8 nitrogen and oxygen atoms in total. The molecule has 134 valence electrons. The summed E-state index contributed by atoms with van der Waals surface area (Å²) in [5, 5.41) is 13.8. The minimum Gasteiger partial charge on any atom is -0.378 e. The summed E-state index contributed by atoms with van der Waals surface area (Å²) in [6.07, 6.45) is 3.30. The van der Waals surface area contributed by atoms with Crippen molar-refractivity contribution in [3.8, 4) is 5.69 Å². The molecule has 26 heavy (non-hydrogen) atoms. The third-order valence-corrected chi connectivity index (χ3v) is 4.02. The monoisotopic (exact) mass is 356 g/mol. The first kappa shape index (κ1) is 17.3. The maximum Gasteiger partial charge on any atom is 0.311 e. The number of aryl methyl sites for hydroxylation is 1. The van der Waals surface area contributed by atoms with Crippen molar-refractivity contribution >= 4 is 17.3 Å². The van der Waals surface area contributed by atoms with E-state index >= 15 is 0 Å². The van der Waals surface area contributed by atoms with Gasteiger partial charge in [0.25, 0.3) is 0 Å². The summed E-state index contributed by atoms with van der Waals surface area (Å²) in [5.41, 5.74) is 6.44. The number of nitrogen functional groups attached to an aromatic ring is 1. The van der Waals surface area contributed by atoms with Crippen LogP contribution >= 0.6 is 0 Å². The van der Waals surface area contributed by atoms with Crippen LogP contribution in [0.2, 0.25) is 0 Å². The molecule has 0 fully saturated rings. The van der Waals surface area contributed by atoms with Crippen LogP contribution in [-0.2, 0) is 0 Å². The van der Waals surface area contributed by atoms with Crippen molar-refractivity contribution < 1.29 is 9.31 Å². The maximum atomic E-state index is 14.5. The molecule has 0 saturated carbocycles. The molecule has 3 N–H and O–H groups in total. The van der Waals surface area contributed by atoms with Gasteiger partial charge >= 0.3 is 5.69 Å². The van der Waals surface area contributed by atoms with Crippen molar-refractivity contribution in [3.63, 3.8) is 0 Å². The summed E-state index contributed by atoms with van der Waals surface area (Å²) < 4.78 is 16.2. The van der Waals surface area contributed by atoms with Gasteiger partial charge in [-0.1, -0.05) is 6.07 Å². The zero-order chi connectivity index (χ0) is 18.8. The van der Waals surface area contributed by atoms with Crippen molar-refractivity contribution in [1.29, 1.82) is 0 Å². The molecule has 3 rings (SSSR count). The Morgan fingerprint density at radius 2 is 2.12 bits per heavy atom. The van der Waals surface area contributed by atoms with E-state index in [1.54, 1.807) is 36.0 Å². The van der Waals surface area contributed by atoms with E-state index in [0.717, 1.165) is 0 Å². The Labute approximate surface area is 148 Å². The lowest BCUT2D eigenvalue weighted by molar-refractivity contribution is -0.384. The van der Waals surface area contributed by atoms with Crippen LogP contribution in [0, 0.1) is 22.9 Å². The van der Waals surface area contributed by atoms with E-state index in [1.807, 2.05) is 6.92 Å². The predicted octanol–water partition coefficient (Wildman–Crippen LogP) is 3.38. The molecule has 2 aromatic heterocycles. The summed E-state index contributed by atoms with van der Waals surface area (Å²) in [7, 11) is 0. The van der Waals surface area contributed by atoms with Crippen molar-refractivity contribution in [1.82, 2.24) is 14.5 Å². The zero-order valence-corrected chi connectivity index (χ0v) is 14.2. The predicted molar refractivity (Wildman–Crippen MR) is 95.6 cm³/mol. The Hall–Kier alpha value is -3.49. The van der Waals surface area contributed by atoms with Crippen LogP contribution in [-0.4, -0.2) is 19.5 Å². The molecule has 1 unspecified atom stereocenters. The number of nitro groups is 1. The molecule has 1 aromatic carbocycles. The smallest absolute Gasteiger partial charge is 0.311 e. The van der Waals surface area contributed by atoms with Crippen molar-refractivity contribution in [2.45, 2.75) is 19.9 Å². The third kappa shape index (κ3) is 3.32. The highest BCUT2D eigenvalue weighted by Gasteiger charge is 2.15. The molecule has 0 aliphatic heterocycles. The molecule has 9 heteroatoms. The van der Waals surface area contributed by atoms with Crippen molar-refractivity contribution in [2.75, 3.05) is 11.1 Å². The zero-order valence-electron chi connectivity index (χ0n) is 14.2. The number of nitrogens with zero attached hydrogens (tertiary/aromatic N) is 4. The van der Waals surface area contributed by atoms with Gasteiger partial charge in [0.15, 0.2) is 0 Å². The Kier molecular flexibility index (Phi) is 4.53. The molecule has 2 heterocycles. The van der Waals surface area contributed by atoms with Gasteiger partial charge in [-0.15, -0.1) is 0 Å². The van der Waals surface area contributed by atoms with E-state index in [9.17, 15) is 14.5 Å². The lowest BCUT2D eigenvalue weighted by Crippen LogP contribution is -2.10. The maximum absolute atomic E-state index is 14.5. The molecule has 3 aromatic rings. The van der Waals surface area contributed by atoms with E-state index in [0.29, 0.717) is 22.9 Å². The first-order valence-corrected chi connectivity index (χ1v) is 7.84. The van der Waals surface area contributed by atoms with E-state index in [-0.39, 0.29) is 23.4 Å². The number of aromatic nitrogens is 3. The van der Waals surface area contributed by atoms with Crippen molar-refractivity contribution in [2.24, 2.45) is 0 Å². The molecule has 0 radical (unpaired) electrons. The van der Waals surface area contributed by atoms with Gasteiger partial charge in [-0.05, 0) is 37.6 Å². The fraction of sp³-hybridized carbons (Fsp3) is 0.176. The molecule has 0 saturated heterocycles. The van der Waals surface area contributed by atoms with Crippen LogP contribution in [0.3, 0.4) is 0 Å². The quantitative estimate of drug-likeness (QED) is 0.535. The first-order valence-electron chi connectivity index (χ1n) is 7.84. The third-order valence-electron chi connectivity index (χ3n) is 4.02. The summed E-state index contributed by atoms with van der Waals surface area (Å²) in [5.74, 6) is 0.502. The molecular formula is C17H17FN6O2. The number of hydrogen-bond donors (Lipinski definition) is 2. The highest BCUT2D eigenvalue weighted by atomic mass is 19.1. The Balaban J connectivity index is 1.81. The number of nitrogens with one attached hydrogen (secondary N) is 1. The summed E-state index contributed by atoms with van der Waals surface area (Å²) in [6, 6.07) is 7.37. The average molecular weight is 356 g/mol. The summed E-state index contributed by atoms with van der Waals surface area (Å²) >= 11 is 0. The molecule has 0 aliphatic rings. The van der Waals surface area contributed by atoms with Gasteiger partial charge in [0.1, 0.15) is 17.5 Å². The number of anilines is 2. The fourth-order valence-electron chi connectivity index (χ4n) is 2.63. The largest absolute Gasteiger partial charge is 0.378 e. The van der Waals surface area contributed by atoms with Gasteiger partial charge < -0.3 is 15.6 Å². The van der Waals surface area contributed by atoms with Crippen LogP contribution in [0.1, 0.15) is 24.4 Å². The number of nitrogens with two attached hydrogens (primary N) is 1. The second-order valence-corrected chi connectivity index (χ2v) is 5.78. The van der Waals surface area contributed by atoms with E-state index in [2.05, 4.69) is 15.3 Å². The summed E-state index contributed by atoms with van der Waals surface area (Å²) in [4.78, 5) is 18.3. The topological polar surface area (TPSA) is 112 Å². The SMILES string of the molecule is Cc1nccn1-c1ccc(C(C)Nc2ccc([N+](=O)[O-])c(N)n2)cc1F. The lowest BCUT2D eigenvalue weighted by atomic mass is 10.1. The highest BCUT2D eigenvalue weighted by Crippen LogP contribution is 2.25. The Morgan fingerprint density at radius 1 is 1.35 bits per heavy atom. The van der Waals surface area contributed by atoms with Crippen LogP contribution in [0.5, 0.6) is 0 Å². The average Bonchev–Trinajstić information content (AvgIpc) is 3.00. The number of hydrogen-bond acceptors (Lipinski definition) is 6. The molecule has 0 bridgehead atoms. The van der Waals surface area contributed by atoms with Gasteiger partial charge in [0, 0.05) is 18.5 Å². The number of rotatable bonds is 5. The lowest BCUT2D eigenvalue weighted by Gasteiger charge is -2.16. The molecular weight excluding hydrogens is 339 g/mol. The van der Waals surface area contributed by atoms with Crippen molar-refractivity contribution in [3.05, 3.63) is 70.0 Å². The van der Waals surface area contributed by atoms with Gasteiger partial charge in [-0.3, -0.25) is 10.1 Å². The van der Waals surface area contributed by atoms with E-state index < -0.39 is 4.92 Å². The normalized spacial score (nSPS) is 12.0. The van der Waals surface area contributed by atoms with Crippen LogP contribution < -0.4 is 11.1 Å². The van der Waals surface area contributed by atoms with Crippen LogP contribution in [0.15, 0.2) is 42.7 Å². The molecule has 0 aliphatic carbocycles. The second kappa shape index (κ2) is 6.79. The summed E-state index contributed by atoms with van der Waals surface area (Å²) in [6.45, 7) is 3.62. The van der Waals surface area contributed by atoms with Gasteiger partial charge in [-0.25, -0.2) is 14.4 Å². The Bertz CT molecular complexity index is 972. The van der Waals surface area contributed by atoms with E-state index in [4.69, 9.17) is 5.73 Å². The molecule has 1 atom stereocenters.